The highest BCUT2D eigenvalue weighted by Crippen LogP contribution is 2.27. The summed E-state index contributed by atoms with van der Waals surface area (Å²) >= 11 is 3.09. The molecule has 29 heavy (non-hydrogen) atoms. The van der Waals surface area contributed by atoms with Crippen LogP contribution in [-0.4, -0.2) is 36.0 Å². The van der Waals surface area contributed by atoms with Gasteiger partial charge in [0.25, 0.3) is 5.91 Å². The highest BCUT2D eigenvalue weighted by molar-refractivity contribution is 8.00. The third-order valence-corrected chi connectivity index (χ3v) is 5.97. The highest BCUT2D eigenvalue weighted by atomic mass is 32.2. The number of esters is 1. The first-order valence-corrected chi connectivity index (χ1v) is 11.1. The molecular formula is C20H25N3O4S2. The van der Waals surface area contributed by atoms with Gasteiger partial charge in [0.1, 0.15) is 4.34 Å². The van der Waals surface area contributed by atoms with E-state index in [0.717, 1.165) is 22.0 Å². The number of aromatic nitrogens is 1. The van der Waals surface area contributed by atoms with Crippen LogP contribution in [-0.2, 0) is 15.3 Å². The molecule has 1 heterocycles. The van der Waals surface area contributed by atoms with Crippen molar-refractivity contribution in [2.24, 2.45) is 5.92 Å². The Morgan fingerprint density at radius 2 is 2.00 bits per heavy atom. The second-order valence-electron chi connectivity index (χ2n) is 6.76. The number of hydrogen-bond acceptors (Lipinski definition) is 7. The highest BCUT2D eigenvalue weighted by Gasteiger charge is 2.16. The number of carbonyl (C=O) groups is 3. The molecule has 0 unspecified atom stereocenters. The number of urea groups is 1. The van der Waals surface area contributed by atoms with Crippen LogP contribution in [0.5, 0.6) is 0 Å². The molecule has 156 valence electrons. The van der Waals surface area contributed by atoms with E-state index in [-0.39, 0.29) is 0 Å². The summed E-state index contributed by atoms with van der Waals surface area (Å²) < 4.78 is 6.00. The lowest BCUT2D eigenvalue weighted by Crippen LogP contribution is -2.42. The maximum atomic E-state index is 12.4. The van der Waals surface area contributed by atoms with Gasteiger partial charge >= 0.3 is 12.0 Å². The fourth-order valence-electron chi connectivity index (χ4n) is 2.27. The number of nitrogens with one attached hydrogen (secondary N) is 2. The van der Waals surface area contributed by atoms with Gasteiger partial charge in [-0.1, -0.05) is 43.8 Å². The minimum Gasteiger partial charge on any atom is -0.452 e. The van der Waals surface area contributed by atoms with Gasteiger partial charge < -0.3 is 10.1 Å². The van der Waals surface area contributed by atoms with Gasteiger partial charge in [0.2, 0.25) is 0 Å². The van der Waals surface area contributed by atoms with Crippen LogP contribution in [0, 0.1) is 12.8 Å². The van der Waals surface area contributed by atoms with Crippen LogP contribution < -0.4 is 10.6 Å². The third-order valence-electron chi connectivity index (χ3n) is 3.78. The molecule has 9 heteroatoms. The molecule has 1 aromatic carbocycles. The Labute approximate surface area is 178 Å². The van der Waals surface area contributed by atoms with Crippen molar-refractivity contribution >= 4 is 41.0 Å². The molecule has 0 saturated carbocycles. The summed E-state index contributed by atoms with van der Waals surface area (Å²) in [7, 11) is 0. The van der Waals surface area contributed by atoms with Gasteiger partial charge in [0.15, 0.2) is 6.61 Å². The Morgan fingerprint density at radius 1 is 1.24 bits per heavy atom. The van der Waals surface area contributed by atoms with Crippen molar-refractivity contribution in [3.63, 3.8) is 0 Å². The average molecular weight is 436 g/mol. The maximum absolute atomic E-state index is 12.4. The van der Waals surface area contributed by atoms with E-state index in [1.807, 2.05) is 38.3 Å². The molecule has 0 bridgehead atoms. The normalized spacial score (nSPS) is 10.6. The Hall–Kier alpha value is -2.39. The van der Waals surface area contributed by atoms with Gasteiger partial charge in [-0.3, -0.25) is 10.1 Å². The van der Waals surface area contributed by atoms with Gasteiger partial charge in [-0.25, -0.2) is 14.6 Å². The molecule has 0 atom stereocenters. The average Bonchev–Trinajstić information content (AvgIpc) is 3.09. The number of hydrogen-bond donors (Lipinski definition) is 2. The van der Waals surface area contributed by atoms with E-state index in [9.17, 15) is 14.4 Å². The monoisotopic (exact) mass is 435 g/mol. The number of ether oxygens (including phenoxy) is 1. The fraction of sp³-hybridized carbons (Fsp3) is 0.400. The van der Waals surface area contributed by atoms with E-state index in [1.54, 1.807) is 23.5 Å². The van der Waals surface area contributed by atoms with E-state index in [2.05, 4.69) is 15.6 Å². The van der Waals surface area contributed by atoms with Crippen LogP contribution in [0.3, 0.4) is 0 Å². The van der Waals surface area contributed by atoms with E-state index >= 15 is 0 Å². The summed E-state index contributed by atoms with van der Waals surface area (Å²) in [4.78, 5) is 40.2. The Bertz CT molecular complexity index is 852. The second kappa shape index (κ2) is 11.6. The first kappa shape index (κ1) is 22.9. The van der Waals surface area contributed by atoms with E-state index in [0.29, 0.717) is 23.8 Å². The number of imide groups is 1. The fourth-order valence-corrected chi connectivity index (χ4v) is 4.13. The summed E-state index contributed by atoms with van der Waals surface area (Å²) in [5.41, 5.74) is 2.15. The summed E-state index contributed by atoms with van der Waals surface area (Å²) in [6.45, 7) is 5.96. The van der Waals surface area contributed by atoms with Crippen molar-refractivity contribution in [2.75, 3.05) is 13.2 Å². The molecule has 1 aromatic heterocycles. The first-order valence-electron chi connectivity index (χ1n) is 9.22. The molecule has 0 saturated heterocycles. The quantitative estimate of drug-likeness (QED) is 0.460. The van der Waals surface area contributed by atoms with E-state index in [1.165, 1.54) is 11.8 Å². The topological polar surface area (TPSA) is 97.4 Å². The number of rotatable bonds is 9. The zero-order valence-electron chi connectivity index (χ0n) is 16.7. The molecule has 0 aliphatic rings. The molecule has 2 N–H and O–H groups in total. The van der Waals surface area contributed by atoms with E-state index in [4.69, 9.17) is 4.74 Å². The largest absolute Gasteiger partial charge is 0.452 e. The number of carbonyl (C=O) groups excluding carboxylic acids is 3. The van der Waals surface area contributed by atoms with Crippen LogP contribution in [0.4, 0.5) is 4.79 Å². The molecule has 7 nitrogen and oxygen atoms in total. The standard InChI is InChI=1S/C20H25N3O4S2/c1-13(2)8-9-21-19(26)23-17(24)10-27-18(25)16-7-5-4-6-15(16)12-29-20-22-14(3)11-28-20/h4-7,11,13H,8-10,12H2,1-3H3,(H2,21,23,24,26). The second-order valence-corrected chi connectivity index (χ2v) is 8.84. The van der Waals surface area contributed by atoms with Crippen molar-refractivity contribution in [3.05, 3.63) is 46.5 Å². The van der Waals surface area contributed by atoms with Crippen molar-refractivity contribution in [3.8, 4) is 0 Å². The number of aryl methyl sites for hydroxylation is 1. The molecule has 2 rings (SSSR count). The summed E-state index contributed by atoms with van der Waals surface area (Å²) in [5.74, 6) is -0.273. The third kappa shape index (κ3) is 8.25. The van der Waals surface area contributed by atoms with Gasteiger partial charge in [-0.05, 0) is 30.9 Å². The number of thioether (sulfide) groups is 1. The van der Waals surface area contributed by atoms with Gasteiger partial charge in [-0.15, -0.1) is 11.3 Å². The van der Waals surface area contributed by atoms with Crippen LogP contribution in [0.15, 0.2) is 34.0 Å². The Kier molecular flexibility index (Phi) is 9.14. The van der Waals surface area contributed by atoms with Crippen LogP contribution >= 0.6 is 23.1 Å². The predicted octanol–water partition coefficient (Wildman–Crippen LogP) is 3.77. The Balaban J connectivity index is 1.82. The minimum atomic E-state index is -0.675. The predicted molar refractivity (Wildman–Crippen MR) is 114 cm³/mol. The van der Waals surface area contributed by atoms with Crippen molar-refractivity contribution in [2.45, 2.75) is 37.3 Å². The lowest BCUT2D eigenvalue weighted by Gasteiger charge is -2.10. The molecule has 0 fully saturated rings. The molecule has 0 aliphatic carbocycles. The minimum absolute atomic E-state index is 0.391. The van der Waals surface area contributed by atoms with Crippen molar-refractivity contribution in [1.82, 2.24) is 15.6 Å². The van der Waals surface area contributed by atoms with Crippen molar-refractivity contribution < 1.29 is 19.1 Å². The number of nitrogens with zero attached hydrogens (tertiary/aromatic N) is 1. The van der Waals surface area contributed by atoms with Gasteiger partial charge in [0, 0.05) is 23.4 Å². The SMILES string of the molecule is Cc1csc(SCc2ccccc2C(=O)OCC(=O)NC(=O)NCCC(C)C)n1. The first-order chi connectivity index (χ1) is 13.8. The molecule has 0 radical (unpaired) electrons. The van der Waals surface area contributed by atoms with Crippen LogP contribution in [0.25, 0.3) is 0 Å². The lowest BCUT2D eigenvalue weighted by atomic mass is 10.1. The maximum Gasteiger partial charge on any atom is 0.338 e. The number of amides is 3. The zero-order chi connectivity index (χ0) is 21.2. The van der Waals surface area contributed by atoms with Gasteiger partial charge in [-0.2, -0.15) is 0 Å². The zero-order valence-corrected chi connectivity index (χ0v) is 18.3. The van der Waals surface area contributed by atoms with Crippen LogP contribution in [0.1, 0.15) is 41.9 Å². The van der Waals surface area contributed by atoms with Gasteiger partial charge in [0.05, 0.1) is 5.56 Å². The summed E-state index contributed by atoms with van der Waals surface area (Å²) in [6, 6.07) is 6.48. The number of thiazole rings is 1. The molecule has 0 spiro atoms. The number of benzene rings is 1. The summed E-state index contributed by atoms with van der Waals surface area (Å²) in [6.07, 6.45) is 0.811. The van der Waals surface area contributed by atoms with Crippen LogP contribution in [0.2, 0.25) is 0 Å². The summed E-state index contributed by atoms with van der Waals surface area (Å²) in [5, 5.41) is 6.71. The molecule has 0 aliphatic heterocycles. The lowest BCUT2D eigenvalue weighted by molar-refractivity contribution is -0.123. The van der Waals surface area contributed by atoms with E-state index < -0.39 is 24.5 Å². The molecule has 2 aromatic rings. The molecule has 3 amide bonds. The Morgan fingerprint density at radius 3 is 2.69 bits per heavy atom. The molecular weight excluding hydrogens is 410 g/mol. The smallest absolute Gasteiger partial charge is 0.338 e. The van der Waals surface area contributed by atoms with Crippen molar-refractivity contribution in [1.29, 1.82) is 0 Å².